The normalized spacial score (nSPS) is 21.0. The minimum Gasteiger partial charge on any atom is -0.478 e. The summed E-state index contributed by atoms with van der Waals surface area (Å²) in [7, 11) is 0. The Morgan fingerprint density at radius 3 is 2.68 bits per heavy atom. The summed E-state index contributed by atoms with van der Waals surface area (Å²) in [5.41, 5.74) is 0.310. The molecule has 1 saturated heterocycles. The Labute approximate surface area is 126 Å². The Morgan fingerprint density at radius 1 is 1.32 bits per heavy atom. The number of rotatable bonds is 3. The van der Waals surface area contributed by atoms with Crippen molar-refractivity contribution in [2.24, 2.45) is 0 Å². The molecule has 2 N–H and O–H groups in total. The van der Waals surface area contributed by atoms with Gasteiger partial charge in [0, 0.05) is 18.6 Å². The smallest absolute Gasteiger partial charge is 0.335 e. The van der Waals surface area contributed by atoms with E-state index in [1.807, 2.05) is 0 Å². The van der Waals surface area contributed by atoms with Gasteiger partial charge in [-0.25, -0.2) is 13.6 Å². The van der Waals surface area contributed by atoms with Crippen molar-refractivity contribution in [1.29, 1.82) is 0 Å². The molecule has 1 heterocycles. The molecule has 0 radical (unpaired) electrons. The number of carbonyl (C=O) groups excluding carboxylic acids is 1. The fraction of sp³-hybridized carbons (Fsp3) is 0.467. The summed E-state index contributed by atoms with van der Waals surface area (Å²) in [6, 6.07) is 2.88. The van der Waals surface area contributed by atoms with Crippen LogP contribution in [0.3, 0.4) is 0 Å². The number of hydrogen-bond acceptors (Lipinski definition) is 3. The van der Waals surface area contributed by atoms with Crippen LogP contribution >= 0.6 is 0 Å². The zero-order valence-electron chi connectivity index (χ0n) is 12.1. The van der Waals surface area contributed by atoms with Gasteiger partial charge in [0.2, 0.25) is 0 Å². The van der Waals surface area contributed by atoms with E-state index in [1.165, 1.54) is 25.1 Å². The number of aromatic carboxylic acids is 1. The molecule has 1 aliphatic rings. The minimum absolute atomic E-state index is 0.0103. The predicted molar refractivity (Wildman–Crippen MR) is 74.4 cm³/mol. The van der Waals surface area contributed by atoms with Crippen molar-refractivity contribution in [3.8, 4) is 0 Å². The summed E-state index contributed by atoms with van der Waals surface area (Å²) in [6.45, 7) is 1.58. The molecular weight excluding hydrogens is 296 g/mol. The molecule has 1 aromatic carbocycles. The van der Waals surface area contributed by atoms with Gasteiger partial charge in [0.1, 0.15) is 0 Å². The number of benzene rings is 1. The number of amides is 1. The molecule has 0 aliphatic carbocycles. The first-order valence-electron chi connectivity index (χ1n) is 6.92. The molecule has 22 heavy (non-hydrogen) atoms. The van der Waals surface area contributed by atoms with Crippen molar-refractivity contribution in [2.45, 2.75) is 31.7 Å². The van der Waals surface area contributed by atoms with Gasteiger partial charge in [-0.05, 0) is 31.0 Å². The highest BCUT2D eigenvalue weighted by atomic mass is 19.3. The number of carboxylic acid groups (broad SMARTS) is 1. The van der Waals surface area contributed by atoms with Gasteiger partial charge < -0.3 is 15.2 Å². The van der Waals surface area contributed by atoms with E-state index in [-0.39, 0.29) is 36.3 Å². The number of ether oxygens (including phenoxy) is 1. The molecule has 1 amide bonds. The maximum atomic E-state index is 13.9. The predicted octanol–water partition coefficient (Wildman–Crippen LogP) is 2.24. The number of alkyl halides is 2. The van der Waals surface area contributed by atoms with Crippen molar-refractivity contribution in [3.63, 3.8) is 0 Å². The highest BCUT2D eigenvalue weighted by Gasteiger charge is 2.41. The van der Waals surface area contributed by atoms with Crippen LogP contribution in [0.2, 0.25) is 0 Å². The summed E-state index contributed by atoms with van der Waals surface area (Å²) in [6.07, 6.45) is -0.442. The molecule has 0 bridgehead atoms. The number of carboxylic acids is 1. The van der Waals surface area contributed by atoms with Crippen molar-refractivity contribution in [2.75, 3.05) is 13.2 Å². The van der Waals surface area contributed by atoms with E-state index in [0.717, 1.165) is 0 Å². The van der Waals surface area contributed by atoms with Crippen LogP contribution in [0.15, 0.2) is 18.2 Å². The first-order valence-corrected chi connectivity index (χ1v) is 6.92. The lowest BCUT2D eigenvalue weighted by atomic mass is 10.00. The molecule has 120 valence electrons. The number of hydrogen-bond donors (Lipinski definition) is 2. The van der Waals surface area contributed by atoms with Gasteiger partial charge in [0.15, 0.2) is 0 Å². The lowest BCUT2D eigenvalue weighted by molar-refractivity contribution is -0.0419. The van der Waals surface area contributed by atoms with Crippen LogP contribution in [0.25, 0.3) is 0 Å². The van der Waals surface area contributed by atoms with Crippen LogP contribution in [0, 0.1) is 6.92 Å². The fourth-order valence-electron chi connectivity index (χ4n) is 2.42. The quantitative estimate of drug-likeness (QED) is 0.897. The average Bonchev–Trinajstić information content (AvgIpc) is 2.60. The molecule has 0 saturated carbocycles. The largest absolute Gasteiger partial charge is 0.478 e. The van der Waals surface area contributed by atoms with Crippen LogP contribution in [0.5, 0.6) is 0 Å². The standard InChI is InChI=1S/C15H17F2NO4/c1-9-10(3-2-4-11(9)14(20)21)13(19)18-12-5-7-22-8-6-15(12,16)17/h2-4,12H,5-8H2,1H3,(H,18,19)(H,20,21). The number of halogens is 2. The third-order valence-corrected chi connectivity index (χ3v) is 3.75. The Morgan fingerprint density at radius 2 is 2.00 bits per heavy atom. The first kappa shape index (κ1) is 16.4. The Balaban J connectivity index is 2.22. The van der Waals surface area contributed by atoms with Crippen molar-refractivity contribution in [3.05, 3.63) is 34.9 Å². The molecule has 1 atom stereocenters. The van der Waals surface area contributed by atoms with Gasteiger partial charge in [-0.15, -0.1) is 0 Å². The fourth-order valence-corrected chi connectivity index (χ4v) is 2.42. The van der Waals surface area contributed by atoms with Crippen molar-refractivity contribution in [1.82, 2.24) is 5.32 Å². The van der Waals surface area contributed by atoms with Gasteiger partial charge in [0.25, 0.3) is 11.8 Å². The van der Waals surface area contributed by atoms with Gasteiger partial charge in [-0.3, -0.25) is 4.79 Å². The molecule has 7 heteroatoms. The second-order valence-electron chi connectivity index (χ2n) is 5.22. The lowest BCUT2D eigenvalue weighted by Gasteiger charge is -2.25. The van der Waals surface area contributed by atoms with Gasteiger partial charge in [-0.2, -0.15) is 0 Å². The summed E-state index contributed by atoms with van der Waals surface area (Å²) in [4.78, 5) is 23.3. The Kier molecular flexibility index (Phi) is 4.75. The first-order chi connectivity index (χ1) is 10.3. The van der Waals surface area contributed by atoms with Crippen LogP contribution < -0.4 is 5.32 Å². The second kappa shape index (κ2) is 6.39. The molecule has 1 unspecified atom stereocenters. The number of carbonyl (C=O) groups is 2. The summed E-state index contributed by atoms with van der Waals surface area (Å²) >= 11 is 0. The highest BCUT2D eigenvalue weighted by Crippen LogP contribution is 2.28. The molecule has 0 spiro atoms. The van der Waals surface area contributed by atoms with Crippen LogP contribution in [0.4, 0.5) is 8.78 Å². The topological polar surface area (TPSA) is 75.6 Å². The molecule has 1 aromatic rings. The van der Waals surface area contributed by atoms with Gasteiger partial charge in [-0.1, -0.05) is 6.07 Å². The van der Waals surface area contributed by atoms with Crippen LogP contribution in [-0.2, 0) is 4.74 Å². The second-order valence-corrected chi connectivity index (χ2v) is 5.22. The van der Waals surface area contributed by atoms with E-state index in [0.29, 0.717) is 0 Å². The maximum Gasteiger partial charge on any atom is 0.335 e. The molecule has 0 aromatic heterocycles. The highest BCUT2D eigenvalue weighted by molar-refractivity contribution is 6.00. The van der Waals surface area contributed by atoms with E-state index in [1.54, 1.807) is 0 Å². The Hall–Kier alpha value is -2.02. The average molecular weight is 313 g/mol. The summed E-state index contributed by atoms with van der Waals surface area (Å²) in [5.74, 6) is -4.92. The molecule has 1 fully saturated rings. The molecule has 5 nitrogen and oxygen atoms in total. The van der Waals surface area contributed by atoms with Crippen molar-refractivity contribution < 1.29 is 28.2 Å². The number of nitrogens with one attached hydrogen (secondary N) is 1. The Bertz CT molecular complexity index is 589. The summed E-state index contributed by atoms with van der Waals surface area (Å²) in [5, 5.41) is 11.4. The molecule has 1 aliphatic heterocycles. The van der Waals surface area contributed by atoms with Gasteiger partial charge in [0.05, 0.1) is 18.2 Å². The maximum absolute atomic E-state index is 13.9. The summed E-state index contributed by atoms with van der Waals surface area (Å²) < 4.78 is 32.9. The van der Waals surface area contributed by atoms with E-state index in [4.69, 9.17) is 9.84 Å². The van der Waals surface area contributed by atoms with Crippen LogP contribution in [0.1, 0.15) is 39.1 Å². The lowest BCUT2D eigenvalue weighted by Crippen LogP contribution is -2.47. The minimum atomic E-state index is -3.05. The third-order valence-electron chi connectivity index (χ3n) is 3.75. The molecular formula is C15H17F2NO4. The monoisotopic (exact) mass is 313 g/mol. The van der Waals surface area contributed by atoms with E-state index < -0.39 is 30.3 Å². The van der Waals surface area contributed by atoms with Gasteiger partial charge >= 0.3 is 5.97 Å². The zero-order chi connectivity index (χ0) is 16.3. The van der Waals surface area contributed by atoms with Crippen molar-refractivity contribution >= 4 is 11.9 Å². The van der Waals surface area contributed by atoms with E-state index >= 15 is 0 Å². The van der Waals surface area contributed by atoms with Crippen LogP contribution in [-0.4, -0.2) is 42.2 Å². The zero-order valence-corrected chi connectivity index (χ0v) is 12.1. The molecule has 2 rings (SSSR count). The van der Waals surface area contributed by atoms with E-state index in [9.17, 15) is 18.4 Å². The third kappa shape index (κ3) is 3.41. The SMILES string of the molecule is Cc1c(C(=O)O)cccc1C(=O)NC1CCOCCC1(F)F. The van der Waals surface area contributed by atoms with E-state index in [2.05, 4.69) is 5.32 Å².